The Morgan fingerprint density at radius 3 is 3.00 bits per heavy atom. The first-order valence-electron chi connectivity index (χ1n) is 6.36. The van der Waals surface area contributed by atoms with Crippen LogP contribution in [0.3, 0.4) is 0 Å². The second-order valence-electron chi connectivity index (χ2n) is 5.03. The topological polar surface area (TPSA) is 40.0 Å². The molecule has 0 aliphatic carbocycles. The Balaban J connectivity index is 2.14. The summed E-state index contributed by atoms with van der Waals surface area (Å²) in [6, 6.07) is 6.48. The highest BCUT2D eigenvalue weighted by Crippen LogP contribution is 2.40. The molecule has 0 bridgehead atoms. The zero-order valence-corrected chi connectivity index (χ0v) is 11.0. The second-order valence-corrected chi connectivity index (χ2v) is 5.03. The average molecular weight is 242 g/mol. The number of hydrogen-bond donors (Lipinski definition) is 1. The number of rotatable bonds is 1. The average Bonchev–Trinajstić information content (AvgIpc) is 2.34. The van der Waals surface area contributed by atoms with Gasteiger partial charge in [0, 0.05) is 19.0 Å². The van der Waals surface area contributed by atoms with Gasteiger partial charge in [0.15, 0.2) is 11.8 Å². The lowest BCUT2D eigenvalue weighted by molar-refractivity contribution is 0.400. The molecule has 1 aromatic rings. The van der Waals surface area contributed by atoms with Crippen molar-refractivity contribution in [3.63, 3.8) is 0 Å². The van der Waals surface area contributed by atoms with E-state index in [0.29, 0.717) is 0 Å². The Morgan fingerprint density at radius 2 is 2.22 bits per heavy atom. The van der Waals surface area contributed by atoms with Crippen LogP contribution in [0.1, 0.15) is 19.4 Å². The van der Waals surface area contributed by atoms with E-state index in [-0.39, 0.29) is 11.8 Å². The Bertz CT molecular complexity index is 535. The number of aliphatic imine (C=N–C) groups is 2. The molecule has 18 heavy (non-hydrogen) atoms. The molecule has 3 rings (SSSR count). The van der Waals surface area contributed by atoms with E-state index < -0.39 is 0 Å². The molecule has 1 aromatic carbocycles. The fraction of sp³-hybridized carbons (Fsp3) is 0.429. The van der Waals surface area contributed by atoms with Crippen molar-refractivity contribution in [3.05, 3.63) is 23.8 Å². The molecule has 0 saturated heterocycles. The van der Waals surface area contributed by atoms with E-state index in [1.807, 2.05) is 0 Å². The van der Waals surface area contributed by atoms with Crippen molar-refractivity contribution in [2.45, 2.75) is 32.6 Å². The van der Waals surface area contributed by atoms with Gasteiger partial charge in [-0.05, 0) is 38.5 Å². The third kappa shape index (κ3) is 1.52. The van der Waals surface area contributed by atoms with Gasteiger partial charge in [0.25, 0.3) is 0 Å². The van der Waals surface area contributed by atoms with Crippen LogP contribution in [0.25, 0.3) is 0 Å². The van der Waals surface area contributed by atoms with Gasteiger partial charge >= 0.3 is 0 Å². The Hall–Kier alpha value is -1.84. The number of nitrogens with one attached hydrogen (secondary N) is 1. The molecule has 0 aromatic heterocycles. The molecule has 0 radical (unpaired) electrons. The lowest BCUT2D eigenvalue weighted by Crippen LogP contribution is -2.58. The molecule has 0 fully saturated rings. The molecule has 2 unspecified atom stereocenters. The van der Waals surface area contributed by atoms with Crippen molar-refractivity contribution in [3.8, 4) is 0 Å². The fourth-order valence-corrected chi connectivity index (χ4v) is 2.75. The molecule has 2 aliphatic heterocycles. The third-order valence-electron chi connectivity index (χ3n) is 3.62. The highest BCUT2D eigenvalue weighted by molar-refractivity contribution is 6.17. The number of anilines is 2. The second kappa shape index (κ2) is 3.83. The monoisotopic (exact) mass is 242 g/mol. The molecule has 2 aliphatic rings. The maximum Gasteiger partial charge on any atom is 0.167 e. The van der Waals surface area contributed by atoms with Crippen molar-refractivity contribution >= 4 is 23.8 Å². The highest BCUT2D eigenvalue weighted by atomic mass is 15.4. The summed E-state index contributed by atoms with van der Waals surface area (Å²) in [5.74, 6) is 0. The maximum absolute atomic E-state index is 4.59. The summed E-state index contributed by atoms with van der Waals surface area (Å²) >= 11 is 0. The molecule has 4 heteroatoms. The van der Waals surface area contributed by atoms with Crippen LogP contribution in [0.5, 0.6) is 0 Å². The Morgan fingerprint density at radius 1 is 1.39 bits per heavy atom. The number of likely N-dealkylation sites (N-methyl/N-ethyl adjacent to an activating group) is 1. The summed E-state index contributed by atoms with van der Waals surface area (Å²) in [4.78, 5) is 11.5. The van der Waals surface area contributed by atoms with E-state index in [2.05, 4.69) is 59.2 Å². The Kier molecular flexibility index (Phi) is 2.40. The first-order chi connectivity index (χ1) is 8.64. The highest BCUT2D eigenvalue weighted by Gasteiger charge is 2.43. The van der Waals surface area contributed by atoms with Crippen molar-refractivity contribution < 1.29 is 0 Å². The smallest absolute Gasteiger partial charge is 0.167 e. The minimum atomic E-state index is -0.369. The molecule has 4 nitrogen and oxygen atoms in total. The largest absolute Gasteiger partial charge is 0.357 e. The van der Waals surface area contributed by atoms with Gasteiger partial charge in [0.05, 0.1) is 11.4 Å². The van der Waals surface area contributed by atoms with Gasteiger partial charge in [-0.25, -0.2) is 0 Å². The fourth-order valence-electron chi connectivity index (χ4n) is 2.75. The van der Waals surface area contributed by atoms with Gasteiger partial charge in [-0.15, -0.1) is 0 Å². The van der Waals surface area contributed by atoms with Crippen LogP contribution in [0, 0.1) is 6.92 Å². The third-order valence-corrected chi connectivity index (χ3v) is 3.62. The summed E-state index contributed by atoms with van der Waals surface area (Å²) in [7, 11) is 0. The lowest BCUT2D eigenvalue weighted by atomic mass is 10.0. The van der Waals surface area contributed by atoms with Crippen LogP contribution in [-0.2, 0) is 0 Å². The number of nitrogens with zero attached hydrogens (tertiary/aromatic N) is 3. The SMILES string of the molecule is CCN1c2ccc(C)cc2NC2(C)N=CC=NC12. The molecule has 2 atom stereocenters. The number of benzene rings is 1. The van der Waals surface area contributed by atoms with Crippen LogP contribution in [0.15, 0.2) is 28.2 Å². The van der Waals surface area contributed by atoms with Gasteiger partial charge in [-0.3, -0.25) is 9.98 Å². The van der Waals surface area contributed by atoms with E-state index >= 15 is 0 Å². The molecule has 94 valence electrons. The number of hydrogen-bond acceptors (Lipinski definition) is 4. The van der Waals surface area contributed by atoms with Gasteiger partial charge in [0.1, 0.15) is 0 Å². The van der Waals surface area contributed by atoms with Crippen LogP contribution in [-0.4, -0.2) is 30.8 Å². The molecule has 0 spiro atoms. The van der Waals surface area contributed by atoms with Crippen LogP contribution in [0.2, 0.25) is 0 Å². The van der Waals surface area contributed by atoms with Crippen LogP contribution in [0.4, 0.5) is 11.4 Å². The van der Waals surface area contributed by atoms with Crippen molar-refractivity contribution in [2.75, 3.05) is 16.8 Å². The molecular formula is C14H18N4. The van der Waals surface area contributed by atoms with E-state index in [1.54, 1.807) is 12.4 Å². The van der Waals surface area contributed by atoms with Crippen molar-refractivity contribution in [1.29, 1.82) is 0 Å². The minimum absolute atomic E-state index is 0.0303. The van der Waals surface area contributed by atoms with Crippen LogP contribution < -0.4 is 10.2 Å². The van der Waals surface area contributed by atoms with Crippen molar-refractivity contribution in [2.24, 2.45) is 9.98 Å². The lowest BCUT2D eigenvalue weighted by Gasteiger charge is -2.47. The Labute approximate surface area is 107 Å². The molecule has 2 heterocycles. The summed E-state index contributed by atoms with van der Waals surface area (Å²) in [5, 5.41) is 3.53. The van der Waals surface area contributed by atoms with E-state index in [0.717, 1.165) is 12.2 Å². The normalized spacial score (nSPS) is 28.6. The number of aryl methyl sites for hydroxylation is 1. The first-order valence-corrected chi connectivity index (χ1v) is 6.36. The van der Waals surface area contributed by atoms with Gasteiger partial charge in [0.2, 0.25) is 0 Å². The summed E-state index contributed by atoms with van der Waals surface area (Å²) in [6.45, 7) is 7.28. The zero-order valence-electron chi connectivity index (χ0n) is 11.0. The molecule has 1 N–H and O–H groups in total. The van der Waals surface area contributed by atoms with Gasteiger partial charge in [-0.1, -0.05) is 6.07 Å². The minimum Gasteiger partial charge on any atom is -0.357 e. The predicted octanol–water partition coefficient (Wildman–Crippen LogP) is 2.44. The van der Waals surface area contributed by atoms with Gasteiger partial charge in [-0.2, -0.15) is 0 Å². The van der Waals surface area contributed by atoms with Crippen molar-refractivity contribution in [1.82, 2.24) is 0 Å². The van der Waals surface area contributed by atoms with Gasteiger partial charge < -0.3 is 10.2 Å². The standard InChI is InChI=1S/C14H18N4/c1-4-18-12-6-5-10(2)9-11(12)17-14(3)13(18)15-7-8-16-14/h5-9,13,17H,4H2,1-3H3. The molecule has 0 saturated carbocycles. The molecular weight excluding hydrogens is 224 g/mol. The maximum atomic E-state index is 4.59. The first kappa shape index (κ1) is 11.3. The summed E-state index contributed by atoms with van der Waals surface area (Å²) in [6.07, 6.45) is 3.59. The quantitative estimate of drug-likeness (QED) is 0.821. The summed E-state index contributed by atoms with van der Waals surface area (Å²) < 4.78 is 0. The zero-order chi connectivity index (χ0) is 12.8. The number of fused-ring (bicyclic) bond motifs is 2. The van der Waals surface area contributed by atoms with E-state index in [1.165, 1.54) is 11.3 Å². The van der Waals surface area contributed by atoms with E-state index in [4.69, 9.17) is 0 Å². The van der Waals surface area contributed by atoms with E-state index in [9.17, 15) is 0 Å². The summed E-state index contributed by atoms with van der Waals surface area (Å²) in [5.41, 5.74) is 3.23. The van der Waals surface area contributed by atoms with Crippen LogP contribution >= 0.6 is 0 Å². The predicted molar refractivity (Wildman–Crippen MR) is 77.0 cm³/mol. The molecule has 0 amide bonds.